The highest BCUT2D eigenvalue weighted by atomic mass is 31.2. The Bertz CT molecular complexity index is 164. The van der Waals surface area contributed by atoms with Gasteiger partial charge < -0.3 is 9.05 Å². The summed E-state index contributed by atoms with van der Waals surface area (Å²) in [5.41, 5.74) is 0. The van der Waals surface area contributed by atoms with Crippen LogP contribution in [0, 0.1) is 0 Å². The fourth-order valence-corrected chi connectivity index (χ4v) is 1.58. The van der Waals surface area contributed by atoms with Gasteiger partial charge in [-0.3, -0.25) is 4.52 Å². The molecule has 0 aromatic heterocycles. The SMILES string of the molecule is FC1CCOP(OCC(F)(F)F)O1. The first-order valence-electron chi connectivity index (χ1n) is 3.41. The summed E-state index contributed by atoms with van der Waals surface area (Å²) in [5, 5.41) is 0. The number of hydrogen-bond acceptors (Lipinski definition) is 3. The zero-order chi connectivity index (χ0) is 9.90. The fourth-order valence-electron chi connectivity index (χ4n) is 0.590. The quantitative estimate of drug-likeness (QED) is 0.530. The molecule has 13 heavy (non-hydrogen) atoms. The van der Waals surface area contributed by atoms with Crippen LogP contribution in [0.3, 0.4) is 0 Å². The molecular formula is C5H7F4O3P. The topological polar surface area (TPSA) is 27.7 Å². The molecule has 1 fully saturated rings. The summed E-state index contributed by atoms with van der Waals surface area (Å²) >= 11 is 0. The van der Waals surface area contributed by atoms with E-state index in [0.29, 0.717) is 0 Å². The van der Waals surface area contributed by atoms with E-state index >= 15 is 0 Å². The lowest BCUT2D eigenvalue weighted by Gasteiger charge is -2.23. The summed E-state index contributed by atoms with van der Waals surface area (Å²) in [6.07, 6.45) is -6.01. The Hall–Kier alpha value is 0.0300. The third-order valence-corrected chi connectivity index (χ3v) is 2.21. The second-order valence-electron chi connectivity index (χ2n) is 2.25. The maximum atomic E-state index is 12.4. The standard InChI is InChI=1S/C5H7F4O3P/c6-4-1-2-10-13(12-4)11-3-5(7,8)9/h4H,1-3H2. The first kappa shape index (κ1) is 11.1. The van der Waals surface area contributed by atoms with Gasteiger partial charge in [-0.15, -0.1) is 0 Å². The number of alkyl halides is 4. The van der Waals surface area contributed by atoms with Crippen molar-refractivity contribution in [3.63, 3.8) is 0 Å². The second-order valence-corrected chi connectivity index (χ2v) is 3.42. The summed E-state index contributed by atoms with van der Waals surface area (Å²) in [6.45, 7) is -1.46. The van der Waals surface area contributed by atoms with E-state index in [2.05, 4.69) is 13.6 Å². The summed E-state index contributed by atoms with van der Waals surface area (Å²) in [6, 6.07) is 0. The molecule has 0 N–H and O–H groups in total. The summed E-state index contributed by atoms with van der Waals surface area (Å²) in [7, 11) is -2.17. The fraction of sp³-hybridized carbons (Fsp3) is 1.00. The molecule has 1 heterocycles. The molecule has 78 valence electrons. The van der Waals surface area contributed by atoms with Crippen molar-refractivity contribution in [2.75, 3.05) is 13.2 Å². The van der Waals surface area contributed by atoms with Gasteiger partial charge in [0, 0.05) is 6.42 Å². The minimum absolute atomic E-state index is 0.0186. The van der Waals surface area contributed by atoms with E-state index in [1.807, 2.05) is 0 Å². The van der Waals surface area contributed by atoms with Gasteiger partial charge in [0.2, 0.25) is 6.36 Å². The first-order chi connectivity index (χ1) is 5.97. The number of rotatable bonds is 2. The molecule has 0 amide bonds. The summed E-state index contributed by atoms with van der Waals surface area (Å²) in [5.74, 6) is 0. The van der Waals surface area contributed by atoms with Gasteiger partial charge in [-0.2, -0.15) is 13.2 Å². The molecule has 3 nitrogen and oxygen atoms in total. The predicted molar refractivity (Wildman–Crippen MR) is 35.5 cm³/mol. The Balaban J connectivity index is 2.21. The van der Waals surface area contributed by atoms with Gasteiger partial charge >= 0.3 is 14.8 Å². The zero-order valence-corrected chi connectivity index (χ0v) is 7.28. The number of halogens is 4. The van der Waals surface area contributed by atoms with Crippen molar-refractivity contribution in [2.45, 2.75) is 19.0 Å². The largest absolute Gasteiger partial charge is 0.412 e. The molecule has 1 saturated heterocycles. The van der Waals surface area contributed by atoms with E-state index in [0.717, 1.165) is 0 Å². The average Bonchev–Trinajstić information content (AvgIpc) is 2.00. The second kappa shape index (κ2) is 4.50. The molecule has 0 saturated carbocycles. The van der Waals surface area contributed by atoms with Crippen LogP contribution in [0.15, 0.2) is 0 Å². The van der Waals surface area contributed by atoms with Crippen molar-refractivity contribution in [2.24, 2.45) is 0 Å². The van der Waals surface area contributed by atoms with Crippen LogP contribution in [-0.2, 0) is 13.6 Å². The van der Waals surface area contributed by atoms with Gasteiger partial charge in [-0.25, -0.2) is 4.39 Å². The molecule has 0 spiro atoms. The molecule has 0 radical (unpaired) electrons. The molecule has 2 atom stereocenters. The van der Waals surface area contributed by atoms with Crippen LogP contribution in [0.2, 0.25) is 0 Å². The molecule has 8 heteroatoms. The molecule has 0 bridgehead atoms. The lowest BCUT2D eigenvalue weighted by molar-refractivity contribution is -0.159. The summed E-state index contributed by atoms with van der Waals surface area (Å²) in [4.78, 5) is 0. The smallest absolute Gasteiger partial charge is 0.312 e. The van der Waals surface area contributed by atoms with Crippen LogP contribution < -0.4 is 0 Å². The minimum Gasteiger partial charge on any atom is -0.312 e. The molecule has 0 aromatic carbocycles. The van der Waals surface area contributed by atoms with E-state index in [4.69, 9.17) is 0 Å². The van der Waals surface area contributed by atoms with Crippen LogP contribution in [0.1, 0.15) is 6.42 Å². The highest BCUT2D eigenvalue weighted by molar-refractivity contribution is 7.41. The average molecular weight is 222 g/mol. The van der Waals surface area contributed by atoms with Crippen LogP contribution >= 0.6 is 8.60 Å². The molecule has 1 aliphatic heterocycles. The van der Waals surface area contributed by atoms with E-state index in [1.54, 1.807) is 0 Å². The van der Waals surface area contributed by atoms with Crippen LogP contribution in [0.4, 0.5) is 17.6 Å². The molecular weight excluding hydrogens is 215 g/mol. The molecule has 2 unspecified atom stereocenters. The summed E-state index contributed by atoms with van der Waals surface area (Å²) < 4.78 is 60.3. The van der Waals surface area contributed by atoms with Crippen molar-refractivity contribution < 1.29 is 31.1 Å². The predicted octanol–water partition coefficient (Wildman–Crippen LogP) is 2.52. The lowest BCUT2D eigenvalue weighted by atomic mass is 10.5. The van der Waals surface area contributed by atoms with E-state index < -0.39 is 27.7 Å². The molecule has 1 aliphatic rings. The number of hydrogen-bond donors (Lipinski definition) is 0. The van der Waals surface area contributed by atoms with Crippen LogP contribution in [0.25, 0.3) is 0 Å². The van der Waals surface area contributed by atoms with Crippen molar-refractivity contribution in [3.05, 3.63) is 0 Å². The minimum atomic E-state index is -4.45. The van der Waals surface area contributed by atoms with E-state index in [-0.39, 0.29) is 13.0 Å². The Morgan fingerprint density at radius 1 is 1.46 bits per heavy atom. The van der Waals surface area contributed by atoms with E-state index in [9.17, 15) is 17.6 Å². The van der Waals surface area contributed by atoms with Crippen molar-refractivity contribution in [1.29, 1.82) is 0 Å². The maximum absolute atomic E-state index is 12.4. The zero-order valence-electron chi connectivity index (χ0n) is 6.38. The van der Waals surface area contributed by atoms with Gasteiger partial charge in [-0.1, -0.05) is 0 Å². The van der Waals surface area contributed by atoms with Gasteiger partial charge in [-0.05, 0) is 0 Å². The van der Waals surface area contributed by atoms with Crippen molar-refractivity contribution >= 4 is 8.60 Å². The highest BCUT2D eigenvalue weighted by Crippen LogP contribution is 2.46. The Morgan fingerprint density at radius 3 is 2.69 bits per heavy atom. The first-order valence-corrected chi connectivity index (χ1v) is 4.50. The van der Waals surface area contributed by atoms with E-state index in [1.165, 1.54) is 0 Å². The van der Waals surface area contributed by atoms with Gasteiger partial charge in [0.1, 0.15) is 0 Å². The monoisotopic (exact) mass is 222 g/mol. The van der Waals surface area contributed by atoms with Crippen molar-refractivity contribution in [1.82, 2.24) is 0 Å². The molecule has 1 rings (SSSR count). The third-order valence-electron chi connectivity index (χ3n) is 1.08. The van der Waals surface area contributed by atoms with Crippen molar-refractivity contribution in [3.8, 4) is 0 Å². The molecule has 0 aliphatic carbocycles. The Labute approximate surface area is 73.0 Å². The van der Waals surface area contributed by atoms with Gasteiger partial charge in [0.05, 0.1) is 6.61 Å². The Kier molecular flexibility index (Phi) is 3.85. The van der Waals surface area contributed by atoms with Crippen LogP contribution in [0.5, 0.6) is 0 Å². The van der Waals surface area contributed by atoms with Gasteiger partial charge in [0.15, 0.2) is 6.61 Å². The van der Waals surface area contributed by atoms with Gasteiger partial charge in [0.25, 0.3) is 0 Å². The Morgan fingerprint density at radius 2 is 2.15 bits per heavy atom. The third kappa shape index (κ3) is 4.71. The maximum Gasteiger partial charge on any atom is 0.412 e. The lowest BCUT2D eigenvalue weighted by Crippen LogP contribution is -2.19. The molecule has 0 aromatic rings. The van der Waals surface area contributed by atoms with Crippen LogP contribution in [-0.4, -0.2) is 25.7 Å². The highest BCUT2D eigenvalue weighted by Gasteiger charge is 2.33. The normalized spacial score (nSPS) is 30.5.